The average molecular weight is 339 g/mol. The fourth-order valence-corrected chi connectivity index (χ4v) is 3.88. The van der Waals surface area contributed by atoms with Crippen LogP contribution in [0.3, 0.4) is 0 Å². The van der Waals surface area contributed by atoms with Gasteiger partial charge >= 0.3 is 0 Å². The lowest BCUT2D eigenvalue weighted by Crippen LogP contribution is -2.45. The molecule has 6 heteroatoms. The lowest BCUT2D eigenvalue weighted by molar-refractivity contribution is 0.310. The first-order valence-electron chi connectivity index (χ1n) is 8.19. The standard InChI is InChI=1S/C18H21N5S/c1-21-9-11-23(12-10-21)18-20-15(14-6-4-3-5-7-14)16(22(18)2)17-19-8-13-24-17/h3-8,13H,9-12H2,1-2H3. The fraction of sp³-hybridized carbons (Fsp3) is 0.333. The summed E-state index contributed by atoms with van der Waals surface area (Å²) >= 11 is 1.66. The van der Waals surface area contributed by atoms with Crippen LogP contribution in [0.5, 0.6) is 0 Å². The summed E-state index contributed by atoms with van der Waals surface area (Å²) in [6, 6.07) is 10.4. The van der Waals surface area contributed by atoms with E-state index in [0.717, 1.165) is 54.1 Å². The Labute approximate surface area is 146 Å². The van der Waals surface area contributed by atoms with Crippen LogP contribution in [0.15, 0.2) is 41.9 Å². The quantitative estimate of drug-likeness (QED) is 0.735. The van der Waals surface area contributed by atoms with Crippen LogP contribution in [0.2, 0.25) is 0 Å². The van der Waals surface area contributed by atoms with Crippen molar-refractivity contribution in [3.63, 3.8) is 0 Å². The molecule has 3 heterocycles. The Bertz CT molecular complexity index is 802. The highest BCUT2D eigenvalue weighted by atomic mass is 32.1. The Kier molecular flexibility index (Phi) is 4.08. The van der Waals surface area contributed by atoms with Crippen molar-refractivity contribution in [2.45, 2.75) is 0 Å². The molecule has 1 fully saturated rings. The maximum absolute atomic E-state index is 5.02. The smallest absolute Gasteiger partial charge is 0.206 e. The molecule has 1 saturated heterocycles. The van der Waals surface area contributed by atoms with E-state index in [-0.39, 0.29) is 0 Å². The van der Waals surface area contributed by atoms with Gasteiger partial charge in [0.05, 0.1) is 0 Å². The van der Waals surface area contributed by atoms with E-state index >= 15 is 0 Å². The normalized spacial score (nSPS) is 15.8. The number of hydrogen-bond donors (Lipinski definition) is 0. The van der Waals surface area contributed by atoms with Crippen LogP contribution < -0.4 is 4.90 Å². The van der Waals surface area contributed by atoms with Crippen LogP contribution in [0, 0.1) is 0 Å². The van der Waals surface area contributed by atoms with E-state index in [4.69, 9.17) is 4.98 Å². The maximum atomic E-state index is 5.02. The van der Waals surface area contributed by atoms with Crippen molar-refractivity contribution in [3.05, 3.63) is 41.9 Å². The molecule has 5 nitrogen and oxygen atoms in total. The molecular weight excluding hydrogens is 318 g/mol. The second-order valence-electron chi connectivity index (χ2n) is 6.16. The number of anilines is 1. The summed E-state index contributed by atoms with van der Waals surface area (Å²) in [7, 11) is 4.27. The minimum Gasteiger partial charge on any atom is -0.340 e. The number of thiazole rings is 1. The number of imidazole rings is 1. The third-order valence-corrected chi connectivity index (χ3v) is 5.32. The van der Waals surface area contributed by atoms with Crippen molar-refractivity contribution in [2.24, 2.45) is 7.05 Å². The van der Waals surface area contributed by atoms with E-state index in [1.54, 1.807) is 11.3 Å². The summed E-state index contributed by atoms with van der Waals surface area (Å²) in [4.78, 5) is 14.3. The van der Waals surface area contributed by atoms with Crippen molar-refractivity contribution in [2.75, 3.05) is 38.1 Å². The molecule has 0 unspecified atom stereocenters. The Morgan fingerprint density at radius 1 is 1.00 bits per heavy atom. The van der Waals surface area contributed by atoms with Gasteiger partial charge in [-0.3, -0.25) is 0 Å². The molecule has 1 aliphatic rings. The topological polar surface area (TPSA) is 37.2 Å². The molecule has 24 heavy (non-hydrogen) atoms. The molecule has 2 aromatic heterocycles. The number of nitrogens with zero attached hydrogens (tertiary/aromatic N) is 5. The zero-order chi connectivity index (χ0) is 16.5. The molecule has 0 bridgehead atoms. The number of likely N-dealkylation sites (N-methyl/N-ethyl adjacent to an activating group) is 1. The third-order valence-electron chi connectivity index (χ3n) is 4.54. The van der Waals surface area contributed by atoms with E-state index in [9.17, 15) is 0 Å². The first-order chi connectivity index (χ1) is 11.7. The van der Waals surface area contributed by atoms with Crippen molar-refractivity contribution in [1.29, 1.82) is 0 Å². The van der Waals surface area contributed by atoms with Gasteiger partial charge in [-0.1, -0.05) is 30.3 Å². The van der Waals surface area contributed by atoms with Crippen LogP contribution in [0.1, 0.15) is 0 Å². The molecule has 0 radical (unpaired) electrons. The van der Waals surface area contributed by atoms with Gasteiger partial charge in [-0.2, -0.15) is 0 Å². The predicted molar refractivity (Wildman–Crippen MR) is 99.5 cm³/mol. The zero-order valence-electron chi connectivity index (χ0n) is 14.0. The van der Waals surface area contributed by atoms with Gasteiger partial charge in [-0.15, -0.1) is 11.3 Å². The van der Waals surface area contributed by atoms with Gasteiger partial charge in [0.25, 0.3) is 0 Å². The van der Waals surface area contributed by atoms with E-state index in [1.807, 2.05) is 17.6 Å². The van der Waals surface area contributed by atoms with E-state index in [0.29, 0.717) is 0 Å². The summed E-state index contributed by atoms with van der Waals surface area (Å²) < 4.78 is 2.20. The van der Waals surface area contributed by atoms with E-state index < -0.39 is 0 Å². The first-order valence-corrected chi connectivity index (χ1v) is 9.07. The number of piperazine rings is 1. The van der Waals surface area contributed by atoms with Gasteiger partial charge in [0.15, 0.2) is 0 Å². The second-order valence-corrected chi connectivity index (χ2v) is 7.06. The largest absolute Gasteiger partial charge is 0.340 e. The summed E-state index contributed by atoms with van der Waals surface area (Å²) in [6.45, 7) is 4.15. The fourth-order valence-electron chi connectivity index (χ4n) is 3.16. The lowest BCUT2D eigenvalue weighted by atomic mass is 10.1. The summed E-state index contributed by atoms with van der Waals surface area (Å²) in [5.41, 5.74) is 3.26. The van der Waals surface area contributed by atoms with Crippen molar-refractivity contribution in [3.8, 4) is 22.0 Å². The summed E-state index contributed by atoms with van der Waals surface area (Å²) in [6.07, 6.45) is 1.86. The highest BCUT2D eigenvalue weighted by Gasteiger charge is 2.24. The Morgan fingerprint density at radius 3 is 2.42 bits per heavy atom. The van der Waals surface area contributed by atoms with Gasteiger partial charge in [0.2, 0.25) is 5.95 Å². The molecule has 1 aliphatic heterocycles. The monoisotopic (exact) mass is 339 g/mol. The highest BCUT2D eigenvalue weighted by Crippen LogP contribution is 2.35. The van der Waals surface area contributed by atoms with Crippen LogP contribution >= 0.6 is 11.3 Å². The molecule has 3 aromatic rings. The summed E-state index contributed by atoms with van der Waals surface area (Å²) in [5.74, 6) is 1.03. The molecule has 0 saturated carbocycles. The van der Waals surface area contributed by atoms with Gasteiger partial charge in [0, 0.05) is 50.4 Å². The van der Waals surface area contributed by atoms with Gasteiger partial charge in [-0.25, -0.2) is 9.97 Å². The van der Waals surface area contributed by atoms with Gasteiger partial charge < -0.3 is 14.4 Å². The van der Waals surface area contributed by atoms with Crippen molar-refractivity contribution >= 4 is 17.3 Å². The minimum absolute atomic E-state index is 1.01. The van der Waals surface area contributed by atoms with Crippen molar-refractivity contribution < 1.29 is 0 Å². The van der Waals surface area contributed by atoms with E-state index in [2.05, 4.69) is 57.7 Å². The number of benzene rings is 1. The molecule has 0 aliphatic carbocycles. The van der Waals surface area contributed by atoms with Gasteiger partial charge in [-0.05, 0) is 7.05 Å². The third kappa shape index (κ3) is 2.72. The number of hydrogen-bond acceptors (Lipinski definition) is 5. The molecule has 124 valence electrons. The SMILES string of the molecule is CN1CCN(c2nc(-c3ccccc3)c(-c3nccs3)n2C)CC1. The van der Waals surface area contributed by atoms with Crippen molar-refractivity contribution in [1.82, 2.24) is 19.4 Å². The number of rotatable bonds is 3. The minimum atomic E-state index is 1.01. The van der Waals surface area contributed by atoms with Crippen LogP contribution in [0.25, 0.3) is 22.0 Å². The molecule has 4 rings (SSSR count). The predicted octanol–water partition coefficient (Wildman–Crippen LogP) is 2.96. The highest BCUT2D eigenvalue weighted by molar-refractivity contribution is 7.13. The Balaban J connectivity index is 1.82. The molecule has 1 aromatic carbocycles. The molecule has 0 atom stereocenters. The first kappa shape index (κ1) is 15.4. The Hall–Kier alpha value is -2.18. The maximum Gasteiger partial charge on any atom is 0.206 e. The summed E-state index contributed by atoms with van der Waals surface area (Å²) in [5, 5.41) is 3.04. The zero-order valence-corrected chi connectivity index (χ0v) is 14.8. The number of aromatic nitrogens is 3. The molecule has 0 N–H and O–H groups in total. The van der Waals surface area contributed by atoms with Crippen LogP contribution in [-0.2, 0) is 7.05 Å². The Morgan fingerprint density at radius 2 is 1.75 bits per heavy atom. The molecular formula is C18H21N5S. The van der Waals surface area contributed by atoms with Crippen LogP contribution in [0.4, 0.5) is 5.95 Å². The van der Waals surface area contributed by atoms with Crippen LogP contribution in [-0.4, -0.2) is 52.7 Å². The average Bonchev–Trinajstić information content (AvgIpc) is 3.24. The molecule has 0 spiro atoms. The second kappa shape index (κ2) is 6.37. The molecule has 0 amide bonds. The lowest BCUT2D eigenvalue weighted by Gasteiger charge is -2.33. The van der Waals surface area contributed by atoms with Gasteiger partial charge in [0.1, 0.15) is 16.4 Å². The van der Waals surface area contributed by atoms with E-state index in [1.165, 1.54) is 0 Å².